The zero-order valence-electron chi connectivity index (χ0n) is 15.2. The summed E-state index contributed by atoms with van der Waals surface area (Å²) in [5.74, 6) is -0.107. The molecule has 2 heterocycles. The van der Waals surface area contributed by atoms with Crippen LogP contribution in [0, 0.1) is 0 Å². The Balaban J connectivity index is 1.48. The molecule has 1 aromatic heterocycles. The number of amides is 1. The van der Waals surface area contributed by atoms with Gasteiger partial charge in [-0.3, -0.25) is 14.4 Å². The number of benzene rings is 1. The van der Waals surface area contributed by atoms with Crippen molar-refractivity contribution < 1.29 is 9.53 Å². The van der Waals surface area contributed by atoms with Gasteiger partial charge in [-0.05, 0) is 25.5 Å². The summed E-state index contributed by atoms with van der Waals surface area (Å²) in [6, 6.07) is 7.63. The quantitative estimate of drug-likeness (QED) is 0.841. The van der Waals surface area contributed by atoms with Crippen molar-refractivity contribution in [2.75, 3.05) is 26.2 Å². The number of rotatable bonds is 6. The van der Waals surface area contributed by atoms with E-state index in [1.165, 1.54) is 0 Å². The van der Waals surface area contributed by atoms with Crippen molar-refractivity contribution in [1.29, 1.82) is 0 Å². The first-order valence-electron chi connectivity index (χ1n) is 8.93. The fourth-order valence-electron chi connectivity index (χ4n) is 3.27. The molecule has 0 radical (unpaired) electrons. The van der Waals surface area contributed by atoms with Crippen molar-refractivity contribution in [1.82, 2.24) is 20.0 Å². The molecule has 0 aliphatic carbocycles. The highest BCUT2D eigenvalue weighted by atomic mass is 35.5. The minimum absolute atomic E-state index is 0.107. The minimum atomic E-state index is -0.107. The molecule has 3 rings (SSSR count). The highest BCUT2D eigenvalue weighted by Gasteiger charge is 2.21. The number of nitrogens with zero attached hydrogens (tertiary/aromatic N) is 3. The van der Waals surface area contributed by atoms with Gasteiger partial charge in [0.05, 0.1) is 30.5 Å². The number of hydrogen-bond donors (Lipinski definition) is 1. The predicted octanol–water partition coefficient (Wildman–Crippen LogP) is 2.42. The lowest BCUT2D eigenvalue weighted by molar-refractivity contribution is -0.0672. The van der Waals surface area contributed by atoms with Gasteiger partial charge in [-0.25, -0.2) is 0 Å². The highest BCUT2D eigenvalue weighted by molar-refractivity contribution is 6.31. The molecule has 1 aliphatic rings. The van der Waals surface area contributed by atoms with Gasteiger partial charge >= 0.3 is 0 Å². The monoisotopic (exact) mass is 376 g/mol. The molecular weight excluding hydrogens is 352 g/mol. The Hall–Kier alpha value is -1.89. The van der Waals surface area contributed by atoms with Crippen molar-refractivity contribution in [2.24, 2.45) is 0 Å². The molecule has 1 aliphatic heterocycles. The number of halogens is 1. The van der Waals surface area contributed by atoms with Gasteiger partial charge in [0.2, 0.25) is 0 Å². The van der Waals surface area contributed by atoms with E-state index in [2.05, 4.69) is 29.2 Å². The number of carbonyl (C=O) groups is 1. The summed E-state index contributed by atoms with van der Waals surface area (Å²) in [6.07, 6.45) is 3.80. The third kappa shape index (κ3) is 5.06. The molecule has 2 aromatic rings. The highest BCUT2D eigenvalue weighted by Crippen LogP contribution is 2.16. The first kappa shape index (κ1) is 18.9. The molecule has 1 fully saturated rings. The first-order valence-corrected chi connectivity index (χ1v) is 9.31. The summed E-state index contributed by atoms with van der Waals surface area (Å²) < 4.78 is 7.45. The van der Waals surface area contributed by atoms with Gasteiger partial charge < -0.3 is 10.1 Å². The fourth-order valence-corrected chi connectivity index (χ4v) is 3.46. The molecule has 1 N–H and O–H groups in total. The van der Waals surface area contributed by atoms with Crippen LogP contribution in [-0.4, -0.2) is 59.0 Å². The molecule has 6 nitrogen and oxygen atoms in total. The number of hydrogen-bond acceptors (Lipinski definition) is 4. The second-order valence-electron chi connectivity index (χ2n) is 6.79. The average molecular weight is 377 g/mol. The lowest BCUT2D eigenvalue weighted by atomic mass is 10.2. The number of morpholine rings is 1. The van der Waals surface area contributed by atoms with E-state index in [9.17, 15) is 4.79 Å². The second kappa shape index (κ2) is 8.66. The van der Waals surface area contributed by atoms with E-state index in [0.29, 0.717) is 23.7 Å². The zero-order chi connectivity index (χ0) is 18.5. The van der Waals surface area contributed by atoms with Crippen LogP contribution in [0.15, 0.2) is 36.7 Å². The van der Waals surface area contributed by atoms with Crippen molar-refractivity contribution in [3.8, 4) is 0 Å². The SMILES string of the molecule is C[C@@H]1CN(CCNC(=O)c2cnn(Cc3ccccc3Cl)c2)C[C@H](C)O1. The number of aromatic nitrogens is 2. The summed E-state index contributed by atoms with van der Waals surface area (Å²) >= 11 is 6.17. The Morgan fingerprint density at radius 2 is 2.04 bits per heavy atom. The zero-order valence-corrected chi connectivity index (χ0v) is 15.9. The smallest absolute Gasteiger partial charge is 0.254 e. The van der Waals surface area contributed by atoms with Crippen LogP contribution in [0.4, 0.5) is 0 Å². The molecule has 0 unspecified atom stereocenters. The van der Waals surface area contributed by atoms with Crippen LogP contribution in [-0.2, 0) is 11.3 Å². The predicted molar refractivity (Wildman–Crippen MR) is 102 cm³/mol. The van der Waals surface area contributed by atoms with E-state index >= 15 is 0 Å². The molecule has 140 valence electrons. The van der Waals surface area contributed by atoms with Gasteiger partial charge in [-0.2, -0.15) is 5.10 Å². The van der Waals surface area contributed by atoms with Crippen molar-refractivity contribution in [2.45, 2.75) is 32.6 Å². The van der Waals surface area contributed by atoms with Crippen LogP contribution in [0.2, 0.25) is 5.02 Å². The summed E-state index contributed by atoms with van der Waals surface area (Å²) in [5, 5.41) is 7.92. The van der Waals surface area contributed by atoms with Crippen LogP contribution in [0.3, 0.4) is 0 Å². The Labute approximate surface area is 159 Å². The molecule has 26 heavy (non-hydrogen) atoms. The molecule has 7 heteroatoms. The van der Waals surface area contributed by atoms with Crippen molar-refractivity contribution >= 4 is 17.5 Å². The standard InChI is InChI=1S/C19H25ClN4O2/c1-14-10-23(11-15(2)26-14)8-7-21-19(25)17-9-22-24(13-17)12-16-5-3-4-6-18(16)20/h3-6,9,13-15H,7-8,10-12H2,1-2H3,(H,21,25)/t14-,15+. The largest absolute Gasteiger partial charge is 0.373 e. The summed E-state index contributed by atoms with van der Waals surface area (Å²) in [7, 11) is 0. The summed E-state index contributed by atoms with van der Waals surface area (Å²) in [6.45, 7) is 7.91. The first-order chi connectivity index (χ1) is 12.5. The van der Waals surface area contributed by atoms with Gasteiger partial charge in [0.1, 0.15) is 0 Å². The Bertz CT molecular complexity index is 739. The lowest BCUT2D eigenvalue weighted by Crippen LogP contribution is -2.47. The van der Waals surface area contributed by atoms with Crippen LogP contribution in [0.1, 0.15) is 29.8 Å². The molecule has 2 atom stereocenters. The molecule has 0 bridgehead atoms. The van der Waals surface area contributed by atoms with Gasteiger partial charge in [0, 0.05) is 37.4 Å². The van der Waals surface area contributed by atoms with E-state index < -0.39 is 0 Å². The number of carbonyl (C=O) groups excluding carboxylic acids is 1. The maximum Gasteiger partial charge on any atom is 0.254 e. The normalized spacial score (nSPS) is 20.9. The Morgan fingerprint density at radius 3 is 2.77 bits per heavy atom. The van der Waals surface area contributed by atoms with Gasteiger partial charge in [0.25, 0.3) is 5.91 Å². The maximum absolute atomic E-state index is 12.3. The molecule has 1 aromatic carbocycles. The lowest BCUT2D eigenvalue weighted by Gasteiger charge is -2.35. The number of nitrogens with one attached hydrogen (secondary N) is 1. The number of ether oxygens (including phenoxy) is 1. The van der Waals surface area contributed by atoms with Gasteiger partial charge in [0.15, 0.2) is 0 Å². The van der Waals surface area contributed by atoms with Crippen LogP contribution >= 0.6 is 11.6 Å². The molecule has 0 spiro atoms. The molecule has 1 saturated heterocycles. The molecule has 0 saturated carbocycles. The van der Waals surface area contributed by atoms with E-state index in [1.54, 1.807) is 17.1 Å². The third-order valence-electron chi connectivity index (χ3n) is 4.39. The summed E-state index contributed by atoms with van der Waals surface area (Å²) in [4.78, 5) is 14.6. The van der Waals surface area contributed by atoms with Gasteiger partial charge in [-0.1, -0.05) is 29.8 Å². The molecule has 1 amide bonds. The topological polar surface area (TPSA) is 59.4 Å². The van der Waals surface area contributed by atoms with Crippen molar-refractivity contribution in [3.05, 3.63) is 52.8 Å². The molecular formula is C19H25ClN4O2. The second-order valence-corrected chi connectivity index (χ2v) is 7.20. The maximum atomic E-state index is 12.3. The van der Waals surface area contributed by atoms with E-state index in [1.807, 2.05) is 24.3 Å². The van der Waals surface area contributed by atoms with E-state index in [4.69, 9.17) is 16.3 Å². The van der Waals surface area contributed by atoms with E-state index in [0.717, 1.165) is 25.2 Å². The van der Waals surface area contributed by atoms with Crippen LogP contribution in [0.25, 0.3) is 0 Å². The average Bonchev–Trinajstić information content (AvgIpc) is 3.05. The van der Waals surface area contributed by atoms with Gasteiger partial charge in [-0.15, -0.1) is 0 Å². The minimum Gasteiger partial charge on any atom is -0.373 e. The summed E-state index contributed by atoms with van der Waals surface area (Å²) in [5.41, 5.74) is 1.53. The Morgan fingerprint density at radius 1 is 1.31 bits per heavy atom. The van der Waals surface area contributed by atoms with Crippen LogP contribution in [0.5, 0.6) is 0 Å². The Kier molecular flexibility index (Phi) is 6.29. The fraction of sp³-hybridized carbons (Fsp3) is 0.474. The third-order valence-corrected chi connectivity index (χ3v) is 4.76. The van der Waals surface area contributed by atoms with E-state index in [-0.39, 0.29) is 18.1 Å². The van der Waals surface area contributed by atoms with Crippen molar-refractivity contribution in [3.63, 3.8) is 0 Å². The van der Waals surface area contributed by atoms with Crippen LogP contribution < -0.4 is 5.32 Å².